The minimum Gasteiger partial charge on any atom is -0.497 e. The highest BCUT2D eigenvalue weighted by atomic mass is 32.2. The molecular formula is C23H24N2O5S. The van der Waals surface area contributed by atoms with Crippen LogP contribution in [0.1, 0.15) is 21.5 Å². The second-order valence-electron chi connectivity index (χ2n) is 6.84. The van der Waals surface area contributed by atoms with Crippen LogP contribution in [0.2, 0.25) is 0 Å². The summed E-state index contributed by atoms with van der Waals surface area (Å²) < 4.78 is 38.9. The summed E-state index contributed by atoms with van der Waals surface area (Å²) in [4.78, 5) is 12.7. The first-order valence-electron chi connectivity index (χ1n) is 9.51. The highest BCUT2D eigenvalue weighted by Crippen LogP contribution is 2.30. The average molecular weight is 441 g/mol. The van der Waals surface area contributed by atoms with Crippen molar-refractivity contribution in [3.8, 4) is 11.5 Å². The Hall–Kier alpha value is -3.52. The Balaban J connectivity index is 1.84. The predicted octanol–water partition coefficient (Wildman–Crippen LogP) is 3.74. The van der Waals surface area contributed by atoms with Crippen molar-refractivity contribution < 1.29 is 22.7 Å². The Morgan fingerprint density at radius 2 is 1.65 bits per heavy atom. The number of benzene rings is 3. The number of hydrogen-bond donors (Lipinski definition) is 2. The van der Waals surface area contributed by atoms with Crippen molar-refractivity contribution >= 4 is 21.6 Å². The number of methoxy groups -OCH3 is 2. The van der Waals surface area contributed by atoms with E-state index in [4.69, 9.17) is 9.47 Å². The van der Waals surface area contributed by atoms with Gasteiger partial charge in [0.05, 0.1) is 25.5 Å². The van der Waals surface area contributed by atoms with Crippen LogP contribution in [0.15, 0.2) is 71.6 Å². The third-order valence-corrected chi connectivity index (χ3v) is 6.04. The van der Waals surface area contributed by atoms with Crippen LogP contribution in [0, 0.1) is 6.92 Å². The molecule has 31 heavy (non-hydrogen) atoms. The number of anilines is 1. The van der Waals surface area contributed by atoms with Crippen LogP contribution in [0.4, 0.5) is 5.69 Å². The third-order valence-electron chi connectivity index (χ3n) is 4.65. The molecule has 0 aliphatic carbocycles. The molecule has 0 spiro atoms. The highest BCUT2D eigenvalue weighted by molar-refractivity contribution is 7.92. The zero-order valence-corrected chi connectivity index (χ0v) is 18.3. The first kappa shape index (κ1) is 22.2. The topological polar surface area (TPSA) is 93.7 Å². The van der Waals surface area contributed by atoms with Crippen molar-refractivity contribution in [3.63, 3.8) is 0 Å². The van der Waals surface area contributed by atoms with Gasteiger partial charge in [0.15, 0.2) is 0 Å². The fraction of sp³-hybridized carbons (Fsp3) is 0.174. The molecular weight excluding hydrogens is 416 g/mol. The summed E-state index contributed by atoms with van der Waals surface area (Å²) >= 11 is 0. The van der Waals surface area contributed by atoms with Gasteiger partial charge in [-0.3, -0.25) is 9.52 Å². The number of carbonyl (C=O) groups is 1. The highest BCUT2D eigenvalue weighted by Gasteiger charge is 2.23. The third kappa shape index (κ3) is 5.35. The molecule has 162 valence electrons. The van der Waals surface area contributed by atoms with Gasteiger partial charge in [-0.2, -0.15) is 0 Å². The lowest BCUT2D eigenvalue weighted by Gasteiger charge is -2.15. The molecule has 1 amide bonds. The van der Waals surface area contributed by atoms with Crippen LogP contribution >= 0.6 is 0 Å². The van der Waals surface area contributed by atoms with Crippen LogP contribution in [-0.4, -0.2) is 28.5 Å². The van der Waals surface area contributed by atoms with E-state index in [1.54, 1.807) is 24.3 Å². The normalized spacial score (nSPS) is 10.9. The molecule has 0 bridgehead atoms. The summed E-state index contributed by atoms with van der Waals surface area (Å²) in [7, 11) is -1.23. The molecule has 0 aliphatic heterocycles. The summed E-state index contributed by atoms with van der Waals surface area (Å²) in [5.74, 6) is 0.136. The maximum absolute atomic E-state index is 13.1. The van der Waals surface area contributed by atoms with Gasteiger partial charge in [-0.1, -0.05) is 42.0 Å². The van der Waals surface area contributed by atoms with Gasteiger partial charge in [0.1, 0.15) is 16.4 Å². The number of hydrogen-bond acceptors (Lipinski definition) is 5. The van der Waals surface area contributed by atoms with Crippen molar-refractivity contribution in [1.29, 1.82) is 0 Å². The van der Waals surface area contributed by atoms with E-state index >= 15 is 0 Å². The zero-order valence-electron chi connectivity index (χ0n) is 17.5. The van der Waals surface area contributed by atoms with Gasteiger partial charge in [-0.15, -0.1) is 0 Å². The molecule has 3 aromatic rings. The lowest BCUT2D eigenvalue weighted by atomic mass is 10.1. The van der Waals surface area contributed by atoms with Crippen LogP contribution in [0.25, 0.3) is 0 Å². The molecule has 3 aromatic carbocycles. The Bertz CT molecular complexity index is 1170. The van der Waals surface area contributed by atoms with Crippen LogP contribution < -0.4 is 19.5 Å². The number of ether oxygens (including phenoxy) is 2. The first-order chi connectivity index (χ1) is 14.8. The molecule has 8 heteroatoms. The fourth-order valence-corrected chi connectivity index (χ4v) is 4.21. The van der Waals surface area contributed by atoms with Crippen LogP contribution in [0.5, 0.6) is 11.5 Å². The molecule has 0 saturated heterocycles. The van der Waals surface area contributed by atoms with Gasteiger partial charge >= 0.3 is 0 Å². The van der Waals surface area contributed by atoms with Gasteiger partial charge in [-0.25, -0.2) is 8.42 Å². The molecule has 0 atom stereocenters. The second kappa shape index (κ2) is 9.53. The van der Waals surface area contributed by atoms with E-state index in [-0.39, 0.29) is 21.9 Å². The van der Waals surface area contributed by atoms with Crippen molar-refractivity contribution in [2.45, 2.75) is 18.4 Å². The SMILES string of the molecule is COc1ccc(OC)c(S(=O)(=O)Nc2ccccc2C(=O)NCc2ccc(C)cc2)c1. The molecule has 0 fully saturated rings. The van der Waals surface area contributed by atoms with E-state index in [1.165, 1.54) is 32.4 Å². The molecule has 2 N–H and O–H groups in total. The van der Waals surface area contributed by atoms with Gasteiger partial charge in [0, 0.05) is 12.6 Å². The largest absolute Gasteiger partial charge is 0.497 e. The van der Waals surface area contributed by atoms with Crippen molar-refractivity contribution in [2.75, 3.05) is 18.9 Å². The number of para-hydroxylation sites is 1. The quantitative estimate of drug-likeness (QED) is 0.557. The Morgan fingerprint density at radius 1 is 0.935 bits per heavy atom. The van der Waals surface area contributed by atoms with E-state index in [0.717, 1.165) is 11.1 Å². The number of aryl methyl sites for hydroxylation is 1. The summed E-state index contributed by atoms with van der Waals surface area (Å²) in [6.07, 6.45) is 0. The van der Waals surface area contributed by atoms with Gasteiger partial charge in [-0.05, 0) is 36.8 Å². The van der Waals surface area contributed by atoms with Crippen molar-refractivity contribution in [3.05, 3.63) is 83.4 Å². The Morgan fingerprint density at radius 3 is 2.32 bits per heavy atom. The summed E-state index contributed by atoms with van der Waals surface area (Å²) in [6, 6.07) is 18.7. The fourth-order valence-electron chi connectivity index (χ4n) is 2.95. The maximum atomic E-state index is 13.1. The molecule has 0 saturated carbocycles. The summed E-state index contributed by atoms with van der Waals surface area (Å²) in [5, 5.41) is 2.82. The smallest absolute Gasteiger partial charge is 0.265 e. The molecule has 0 aliphatic rings. The van der Waals surface area contributed by atoms with Gasteiger partial charge in [0.25, 0.3) is 15.9 Å². The number of nitrogens with one attached hydrogen (secondary N) is 2. The lowest BCUT2D eigenvalue weighted by molar-refractivity contribution is 0.0952. The van der Waals surface area contributed by atoms with Crippen molar-refractivity contribution in [2.24, 2.45) is 0 Å². The van der Waals surface area contributed by atoms with E-state index < -0.39 is 15.9 Å². The molecule has 0 radical (unpaired) electrons. The van der Waals surface area contributed by atoms with E-state index in [2.05, 4.69) is 10.0 Å². The van der Waals surface area contributed by atoms with Crippen LogP contribution in [0.3, 0.4) is 0 Å². The Labute approximate surface area is 182 Å². The molecule has 0 unspecified atom stereocenters. The van der Waals surface area contributed by atoms with E-state index in [9.17, 15) is 13.2 Å². The molecule has 3 rings (SSSR count). The minimum atomic E-state index is -4.05. The zero-order chi connectivity index (χ0) is 22.4. The standard InChI is InChI=1S/C23H24N2O5S/c1-16-8-10-17(11-9-16)15-24-23(26)19-6-4-5-7-20(19)25-31(27,28)22-14-18(29-2)12-13-21(22)30-3/h4-14,25H,15H2,1-3H3,(H,24,26). The first-order valence-corrected chi connectivity index (χ1v) is 11.0. The van der Waals surface area contributed by atoms with E-state index in [0.29, 0.717) is 12.3 Å². The number of rotatable bonds is 8. The summed E-state index contributed by atoms with van der Waals surface area (Å²) in [5.41, 5.74) is 2.44. The molecule has 7 nitrogen and oxygen atoms in total. The van der Waals surface area contributed by atoms with Crippen LogP contribution in [-0.2, 0) is 16.6 Å². The maximum Gasteiger partial charge on any atom is 0.265 e. The van der Waals surface area contributed by atoms with Gasteiger partial charge in [0.2, 0.25) is 0 Å². The second-order valence-corrected chi connectivity index (χ2v) is 8.49. The summed E-state index contributed by atoms with van der Waals surface area (Å²) in [6.45, 7) is 2.31. The number of sulfonamides is 1. The minimum absolute atomic E-state index is 0.0933. The number of carbonyl (C=O) groups excluding carboxylic acids is 1. The van der Waals surface area contributed by atoms with Crippen molar-refractivity contribution in [1.82, 2.24) is 5.32 Å². The Kier molecular flexibility index (Phi) is 6.81. The van der Waals surface area contributed by atoms with E-state index in [1.807, 2.05) is 31.2 Å². The number of amides is 1. The predicted molar refractivity (Wildman–Crippen MR) is 119 cm³/mol. The monoisotopic (exact) mass is 440 g/mol. The molecule has 0 heterocycles. The average Bonchev–Trinajstić information content (AvgIpc) is 2.78. The lowest BCUT2D eigenvalue weighted by Crippen LogP contribution is -2.25. The molecule has 0 aromatic heterocycles. The van der Waals surface area contributed by atoms with Gasteiger partial charge < -0.3 is 14.8 Å².